The molecule has 1 N–H and O–H groups in total. The summed E-state index contributed by atoms with van der Waals surface area (Å²) in [7, 11) is 1.61. The van der Waals surface area contributed by atoms with Gasteiger partial charge in [0.15, 0.2) is 6.61 Å². The van der Waals surface area contributed by atoms with Crippen LogP contribution >= 0.6 is 0 Å². The number of nitrogens with one attached hydrogen (secondary N) is 1. The van der Waals surface area contributed by atoms with Crippen molar-refractivity contribution >= 4 is 17.6 Å². The summed E-state index contributed by atoms with van der Waals surface area (Å²) in [5.41, 5.74) is 0.127. The summed E-state index contributed by atoms with van der Waals surface area (Å²) in [6, 6.07) is 12.9. The van der Waals surface area contributed by atoms with E-state index in [1.165, 1.54) is 4.90 Å². The van der Waals surface area contributed by atoms with Gasteiger partial charge in [0.1, 0.15) is 11.3 Å². The molecule has 0 radical (unpaired) electrons. The SMILES string of the molecule is CN(C(=O)COC(=O)c1ccccc1NCc1ccco1)C1(C#N)CCCCC1. The molecular formula is C22H25N3O4. The van der Waals surface area contributed by atoms with E-state index in [1.807, 2.05) is 6.07 Å². The van der Waals surface area contributed by atoms with Crippen molar-refractivity contribution in [3.63, 3.8) is 0 Å². The minimum atomic E-state index is -0.801. The first-order chi connectivity index (χ1) is 14.1. The van der Waals surface area contributed by atoms with Crippen molar-refractivity contribution in [2.24, 2.45) is 0 Å². The highest BCUT2D eigenvalue weighted by molar-refractivity contribution is 5.96. The second-order valence-corrected chi connectivity index (χ2v) is 7.21. The third-order valence-electron chi connectivity index (χ3n) is 5.41. The second kappa shape index (κ2) is 9.28. The first-order valence-corrected chi connectivity index (χ1v) is 9.76. The topological polar surface area (TPSA) is 95.6 Å². The lowest BCUT2D eigenvalue weighted by molar-refractivity contribution is -0.138. The summed E-state index contributed by atoms with van der Waals surface area (Å²) < 4.78 is 10.5. The minimum absolute atomic E-state index is 0.335. The fraction of sp³-hybridized carbons (Fsp3) is 0.409. The Labute approximate surface area is 170 Å². The van der Waals surface area contributed by atoms with Crippen LogP contribution in [0.2, 0.25) is 0 Å². The maximum atomic E-state index is 12.6. The normalized spacial score (nSPS) is 15.2. The third-order valence-corrected chi connectivity index (χ3v) is 5.41. The van der Waals surface area contributed by atoms with Crippen LogP contribution in [0.25, 0.3) is 0 Å². The number of rotatable bonds is 7. The summed E-state index contributed by atoms with van der Waals surface area (Å²) in [4.78, 5) is 26.6. The zero-order chi connectivity index (χ0) is 20.7. The quantitative estimate of drug-likeness (QED) is 0.718. The van der Waals surface area contributed by atoms with Gasteiger partial charge < -0.3 is 19.4 Å². The number of ether oxygens (including phenoxy) is 1. The van der Waals surface area contributed by atoms with Crippen LogP contribution in [0.3, 0.4) is 0 Å². The van der Waals surface area contributed by atoms with E-state index in [4.69, 9.17) is 9.15 Å². The van der Waals surface area contributed by atoms with Crippen molar-refractivity contribution in [3.8, 4) is 6.07 Å². The summed E-state index contributed by atoms with van der Waals surface area (Å²) >= 11 is 0. The van der Waals surface area contributed by atoms with E-state index >= 15 is 0 Å². The lowest BCUT2D eigenvalue weighted by atomic mass is 9.81. The number of amides is 1. The molecule has 152 valence electrons. The van der Waals surface area contributed by atoms with Crippen LogP contribution in [0.4, 0.5) is 5.69 Å². The molecule has 1 aromatic heterocycles. The Balaban J connectivity index is 1.60. The standard InChI is InChI=1S/C22H25N3O4/c1-25(22(16-23)11-5-2-6-12-22)20(26)15-29-21(27)18-9-3-4-10-19(18)24-14-17-8-7-13-28-17/h3-4,7-10,13,24H,2,5-6,11-12,14-15H2,1H3. The smallest absolute Gasteiger partial charge is 0.340 e. The van der Waals surface area contributed by atoms with Gasteiger partial charge in [-0.2, -0.15) is 5.26 Å². The number of hydrogen-bond acceptors (Lipinski definition) is 6. The van der Waals surface area contributed by atoms with E-state index in [2.05, 4.69) is 11.4 Å². The molecule has 1 fully saturated rings. The van der Waals surface area contributed by atoms with Crippen LogP contribution in [0.1, 0.15) is 48.2 Å². The third kappa shape index (κ3) is 4.77. The maximum Gasteiger partial charge on any atom is 0.340 e. The number of carbonyl (C=O) groups is 2. The Morgan fingerprint density at radius 1 is 1.21 bits per heavy atom. The molecule has 1 heterocycles. The second-order valence-electron chi connectivity index (χ2n) is 7.21. The molecule has 2 aromatic rings. The molecule has 1 aromatic carbocycles. The number of benzene rings is 1. The van der Waals surface area contributed by atoms with Gasteiger partial charge in [0, 0.05) is 12.7 Å². The van der Waals surface area contributed by atoms with Gasteiger partial charge >= 0.3 is 5.97 Å². The first-order valence-electron chi connectivity index (χ1n) is 9.76. The lowest BCUT2D eigenvalue weighted by Gasteiger charge is -2.38. The number of nitrogens with zero attached hydrogens (tertiary/aromatic N) is 2. The van der Waals surface area contributed by atoms with E-state index in [0.717, 1.165) is 25.0 Å². The number of para-hydroxylation sites is 1. The number of anilines is 1. The molecule has 7 nitrogen and oxygen atoms in total. The molecule has 1 aliphatic rings. The van der Waals surface area contributed by atoms with Crippen molar-refractivity contribution in [3.05, 3.63) is 54.0 Å². The average molecular weight is 395 g/mol. The van der Waals surface area contributed by atoms with Crippen LogP contribution in [0, 0.1) is 11.3 Å². The molecule has 0 atom stereocenters. The Kier molecular flexibility index (Phi) is 6.55. The highest BCUT2D eigenvalue weighted by atomic mass is 16.5. The van der Waals surface area contributed by atoms with Crippen molar-refractivity contribution in [1.29, 1.82) is 5.26 Å². The van der Waals surface area contributed by atoms with Gasteiger partial charge in [-0.25, -0.2) is 4.79 Å². The molecule has 7 heteroatoms. The Morgan fingerprint density at radius 3 is 2.66 bits per heavy atom. The van der Waals surface area contributed by atoms with Crippen molar-refractivity contribution in [2.75, 3.05) is 19.0 Å². The Hall–Kier alpha value is -3.27. The zero-order valence-corrected chi connectivity index (χ0v) is 16.5. The number of carbonyl (C=O) groups excluding carboxylic acids is 2. The van der Waals surface area contributed by atoms with E-state index in [0.29, 0.717) is 30.6 Å². The molecular weight excluding hydrogens is 370 g/mol. The van der Waals surface area contributed by atoms with Crippen LogP contribution in [-0.4, -0.2) is 36.0 Å². The summed E-state index contributed by atoms with van der Waals surface area (Å²) in [6.45, 7) is 0.0228. The largest absolute Gasteiger partial charge is 0.467 e. The summed E-state index contributed by atoms with van der Waals surface area (Å²) in [6.07, 6.45) is 5.79. The van der Waals surface area contributed by atoms with Gasteiger partial charge in [-0.05, 0) is 37.1 Å². The number of furan rings is 1. The monoisotopic (exact) mass is 395 g/mol. The van der Waals surface area contributed by atoms with E-state index in [1.54, 1.807) is 43.6 Å². The molecule has 0 saturated heterocycles. The van der Waals surface area contributed by atoms with E-state index < -0.39 is 18.1 Å². The predicted octanol–water partition coefficient (Wildman–Crippen LogP) is 3.73. The summed E-state index contributed by atoms with van der Waals surface area (Å²) in [5, 5.41) is 12.8. The van der Waals surface area contributed by atoms with Gasteiger partial charge in [-0.15, -0.1) is 0 Å². The van der Waals surface area contributed by atoms with Crippen molar-refractivity contribution in [1.82, 2.24) is 4.90 Å². The maximum absolute atomic E-state index is 12.6. The first kappa shape index (κ1) is 20.5. The number of esters is 1. The number of hydrogen-bond donors (Lipinski definition) is 1. The van der Waals surface area contributed by atoms with Gasteiger partial charge in [0.2, 0.25) is 0 Å². The summed E-state index contributed by atoms with van der Waals surface area (Å²) in [5.74, 6) is -0.231. The van der Waals surface area contributed by atoms with Crippen molar-refractivity contribution < 1.29 is 18.7 Å². The average Bonchev–Trinajstić information content (AvgIpc) is 3.29. The fourth-order valence-corrected chi connectivity index (χ4v) is 3.61. The minimum Gasteiger partial charge on any atom is -0.467 e. The molecule has 0 aliphatic heterocycles. The Morgan fingerprint density at radius 2 is 1.97 bits per heavy atom. The highest BCUT2D eigenvalue weighted by Gasteiger charge is 2.39. The van der Waals surface area contributed by atoms with Crippen LogP contribution in [0.15, 0.2) is 47.1 Å². The predicted molar refractivity (Wildman–Crippen MR) is 107 cm³/mol. The molecule has 29 heavy (non-hydrogen) atoms. The molecule has 1 aliphatic carbocycles. The molecule has 1 amide bonds. The van der Waals surface area contributed by atoms with Crippen molar-refractivity contribution in [2.45, 2.75) is 44.2 Å². The highest BCUT2D eigenvalue weighted by Crippen LogP contribution is 2.32. The zero-order valence-electron chi connectivity index (χ0n) is 16.5. The lowest BCUT2D eigenvalue weighted by Crippen LogP contribution is -2.51. The van der Waals surface area contributed by atoms with Crippen LogP contribution in [0.5, 0.6) is 0 Å². The van der Waals surface area contributed by atoms with E-state index in [-0.39, 0.29) is 5.91 Å². The van der Waals surface area contributed by atoms with Gasteiger partial charge in [0.25, 0.3) is 5.91 Å². The molecule has 3 rings (SSSR count). The molecule has 0 spiro atoms. The van der Waals surface area contributed by atoms with Crippen LogP contribution < -0.4 is 5.32 Å². The number of nitriles is 1. The van der Waals surface area contributed by atoms with E-state index in [9.17, 15) is 14.9 Å². The van der Waals surface area contributed by atoms with Crippen LogP contribution in [-0.2, 0) is 16.1 Å². The van der Waals surface area contributed by atoms with Gasteiger partial charge in [-0.3, -0.25) is 4.79 Å². The molecule has 0 bridgehead atoms. The Bertz CT molecular complexity index is 880. The van der Waals surface area contributed by atoms with Gasteiger partial charge in [0.05, 0.1) is 24.4 Å². The fourth-order valence-electron chi connectivity index (χ4n) is 3.61. The number of likely N-dealkylation sites (N-methyl/N-ethyl adjacent to an activating group) is 1. The van der Waals surface area contributed by atoms with Gasteiger partial charge in [-0.1, -0.05) is 31.4 Å². The molecule has 0 unspecified atom stereocenters. The molecule has 1 saturated carbocycles.